The monoisotopic (exact) mass is 217 g/mol. The number of hydrogen-bond donors (Lipinski definition) is 1. The van der Waals surface area contributed by atoms with Crippen molar-refractivity contribution in [3.63, 3.8) is 0 Å². The van der Waals surface area contributed by atoms with Crippen molar-refractivity contribution in [1.29, 1.82) is 0 Å². The van der Waals surface area contributed by atoms with E-state index in [0.717, 1.165) is 4.31 Å². The molecule has 0 fully saturated rings. The number of hydrogen-bond acceptors (Lipinski definition) is 3. The van der Waals surface area contributed by atoms with Crippen LogP contribution in [0.2, 0.25) is 0 Å². The molecule has 0 aliphatic rings. The topological polar surface area (TPSA) is 76.3 Å². The third-order valence-electron chi connectivity index (χ3n) is 1.39. The van der Waals surface area contributed by atoms with Gasteiger partial charge < -0.3 is 0 Å². The van der Waals surface area contributed by atoms with Crippen molar-refractivity contribution in [2.24, 2.45) is 5.14 Å². The lowest BCUT2D eigenvalue weighted by atomic mass is 10.4. The van der Waals surface area contributed by atoms with Gasteiger partial charge in [0, 0.05) is 13.2 Å². The van der Waals surface area contributed by atoms with Gasteiger partial charge in [0.25, 0.3) is 10.2 Å². The maximum absolute atomic E-state index is 10.8. The molecule has 1 aromatic heterocycles. The molecule has 14 heavy (non-hydrogen) atoms. The zero-order valence-electron chi connectivity index (χ0n) is 8.51. The molecule has 0 atom stereocenters. The summed E-state index contributed by atoms with van der Waals surface area (Å²) in [6, 6.07) is 3.24. The Morgan fingerprint density at radius 2 is 2.00 bits per heavy atom. The first-order valence-corrected chi connectivity index (χ1v) is 5.69. The molecule has 1 rings (SSSR count). The van der Waals surface area contributed by atoms with Gasteiger partial charge in [-0.1, -0.05) is 13.8 Å². The zero-order chi connectivity index (χ0) is 11.2. The van der Waals surface area contributed by atoms with E-state index in [9.17, 15) is 8.42 Å². The van der Waals surface area contributed by atoms with E-state index in [1.54, 1.807) is 18.3 Å². The minimum atomic E-state index is -3.66. The SMILES string of the molecule is CC.CN(c1cccnc1)S(N)(=O)=O. The minimum absolute atomic E-state index is 0.444. The van der Waals surface area contributed by atoms with E-state index in [-0.39, 0.29) is 0 Å². The fourth-order valence-corrected chi connectivity index (χ4v) is 1.09. The second-order valence-electron chi connectivity index (χ2n) is 2.22. The number of nitrogens with two attached hydrogens (primary N) is 1. The molecular weight excluding hydrogens is 202 g/mol. The minimum Gasteiger partial charge on any atom is -0.263 e. The molecule has 0 saturated heterocycles. The van der Waals surface area contributed by atoms with Crippen LogP contribution in [0.4, 0.5) is 5.69 Å². The smallest absolute Gasteiger partial charge is 0.263 e. The van der Waals surface area contributed by atoms with Gasteiger partial charge in [-0.15, -0.1) is 0 Å². The van der Waals surface area contributed by atoms with Gasteiger partial charge >= 0.3 is 0 Å². The van der Waals surface area contributed by atoms with E-state index in [0.29, 0.717) is 5.69 Å². The first-order valence-electron chi connectivity index (χ1n) is 4.18. The Morgan fingerprint density at radius 1 is 1.43 bits per heavy atom. The molecule has 0 aliphatic heterocycles. The van der Waals surface area contributed by atoms with Gasteiger partial charge in [-0.3, -0.25) is 9.29 Å². The van der Waals surface area contributed by atoms with Crippen LogP contribution in [0.15, 0.2) is 24.5 Å². The molecule has 0 bridgehead atoms. The van der Waals surface area contributed by atoms with Gasteiger partial charge in [0.05, 0.1) is 11.9 Å². The fourth-order valence-electron chi connectivity index (χ4n) is 0.687. The molecular formula is C8H15N3O2S. The van der Waals surface area contributed by atoms with E-state index >= 15 is 0 Å². The lowest BCUT2D eigenvalue weighted by Gasteiger charge is -2.14. The summed E-state index contributed by atoms with van der Waals surface area (Å²) in [7, 11) is -2.30. The summed E-state index contributed by atoms with van der Waals surface area (Å²) in [5, 5.41) is 4.88. The van der Waals surface area contributed by atoms with Crippen molar-refractivity contribution in [2.75, 3.05) is 11.4 Å². The molecule has 2 N–H and O–H groups in total. The van der Waals surface area contributed by atoms with Crippen molar-refractivity contribution in [1.82, 2.24) is 4.98 Å². The van der Waals surface area contributed by atoms with Crippen LogP contribution in [0.25, 0.3) is 0 Å². The van der Waals surface area contributed by atoms with Crippen LogP contribution in [0.5, 0.6) is 0 Å². The fraction of sp³-hybridized carbons (Fsp3) is 0.375. The summed E-state index contributed by atoms with van der Waals surface area (Å²) < 4.78 is 22.6. The average molecular weight is 217 g/mol. The van der Waals surface area contributed by atoms with Crippen molar-refractivity contribution >= 4 is 15.9 Å². The van der Waals surface area contributed by atoms with Crippen LogP contribution in [0, 0.1) is 0 Å². The highest BCUT2D eigenvalue weighted by Gasteiger charge is 2.11. The first kappa shape index (κ1) is 12.9. The number of nitrogens with zero attached hydrogens (tertiary/aromatic N) is 2. The Hall–Kier alpha value is -1.14. The van der Waals surface area contributed by atoms with Gasteiger partial charge in [-0.2, -0.15) is 8.42 Å². The summed E-state index contributed by atoms with van der Waals surface area (Å²) in [6.07, 6.45) is 2.98. The molecule has 1 aromatic rings. The Balaban J connectivity index is 0.000000791. The maximum Gasteiger partial charge on any atom is 0.298 e. The number of rotatable bonds is 2. The predicted molar refractivity (Wildman–Crippen MR) is 57.1 cm³/mol. The number of anilines is 1. The third kappa shape index (κ3) is 3.71. The second kappa shape index (κ2) is 5.56. The Bertz CT molecular complexity index is 350. The van der Waals surface area contributed by atoms with Crippen LogP contribution in [-0.2, 0) is 10.2 Å². The maximum atomic E-state index is 10.8. The Labute approximate surface area is 84.7 Å². The van der Waals surface area contributed by atoms with Crippen molar-refractivity contribution < 1.29 is 8.42 Å². The summed E-state index contributed by atoms with van der Waals surface area (Å²) >= 11 is 0. The summed E-state index contributed by atoms with van der Waals surface area (Å²) in [4.78, 5) is 3.76. The van der Waals surface area contributed by atoms with E-state index in [1.807, 2.05) is 13.8 Å². The number of pyridine rings is 1. The molecule has 1 heterocycles. The first-order chi connectivity index (χ1) is 6.52. The highest BCUT2D eigenvalue weighted by Crippen LogP contribution is 2.10. The normalized spacial score (nSPS) is 10.0. The van der Waals surface area contributed by atoms with E-state index < -0.39 is 10.2 Å². The van der Waals surface area contributed by atoms with Crippen LogP contribution in [-0.4, -0.2) is 20.4 Å². The van der Waals surface area contributed by atoms with E-state index in [4.69, 9.17) is 5.14 Å². The molecule has 80 valence electrons. The van der Waals surface area contributed by atoms with Gasteiger partial charge in [0.1, 0.15) is 0 Å². The van der Waals surface area contributed by atoms with Gasteiger partial charge in [-0.25, -0.2) is 5.14 Å². The molecule has 0 amide bonds. The van der Waals surface area contributed by atoms with E-state index in [1.165, 1.54) is 13.2 Å². The van der Waals surface area contributed by atoms with Gasteiger partial charge in [0.2, 0.25) is 0 Å². The van der Waals surface area contributed by atoms with Crippen molar-refractivity contribution in [2.45, 2.75) is 13.8 Å². The van der Waals surface area contributed by atoms with Crippen LogP contribution in [0.1, 0.15) is 13.8 Å². The molecule has 0 aromatic carbocycles. The summed E-state index contributed by atoms with van der Waals surface area (Å²) in [5.41, 5.74) is 0.444. The van der Waals surface area contributed by atoms with Gasteiger partial charge in [0.15, 0.2) is 0 Å². The molecule has 0 saturated carbocycles. The predicted octanol–water partition coefficient (Wildman–Crippen LogP) is 0.748. The molecule has 0 unspecified atom stereocenters. The molecule has 6 heteroatoms. The largest absolute Gasteiger partial charge is 0.298 e. The molecule has 0 spiro atoms. The average Bonchev–Trinajstić information content (AvgIpc) is 2.20. The van der Waals surface area contributed by atoms with Crippen molar-refractivity contribution in [3.8, 4) is 0 Å². The quantitative estimate of drug-likeness (QED) is 0.794. The van der Waals surface area contributed by atoms with Gasteiger partial charge in [-0.05, 0) is 12.1 Å². The Kier molecular flexibility index (Phi) is 5.11. The van der Waals surface area contributed by atoms with Crippen molar-refractivity contribution in [3.05, 3.63) is 24.5 Å². The lowest BCUT2D eigenvalue weighted by Crippen LogP contribution is -2.33. The summed E-state index contributed by atoms with van der Waals surface area (Å²) in [5.74, 6) is 0. The second-order valence-corrected chi connectivity index (χ2v) is 3.80. The zero-order valence-corrected chi connectivity index (χ0v) is 9.32. The van der Waals surface area contributed by atoms with Crippen LogP contribution >= 0.6 is 0 Å². The third-order valence-corrected chi connectivity index (χ3v) is 2.37. The molecule has 0 radical (unpaired) electrons. The number of aromatic nitrogens is 1. The summed E-state index contributed by atoms with van der Waals surface area (Å²) in [6.45, 7) is 4.00. The highest BCUT2D eigenvalue weighted by molar-refractivity contribution is 7.90. The molecule has 0 aliphatic carbocycles. The standard InChI is InChI=1S/C6H9N3O2S.C2H6/c1-9(12(7,10)11)6-3-2-4-8-5-6;1-2/h2-5H,1H3,(H2,7,10,11);1-2H3. The van der Waals surface area contributed by atoms with Crippen LogP contribution < -0.4 is 9.44 Å². The Morgan fingerprint density at radius 3 is 2.36 bits per heavy atom. The van der Waals surface area contributed by atoms with Crippen LogP contribution in [0.3, 0.4) is 0 Å². The highest BCUT2D eigenvalue weighted by atomic mass is 32.2. The van der Waals surface area contributed by atoms with E-state index in [2.05, 4.69) is 4.98 Å². The molecule has 5 nitrogen and oxygen atoms in total. The lowest BCUT2D eigenvalue weighted by molar-refractivity contribution is 0.596.